The zero-order chi connectivity index (χ0) is 15.4. The second kappa shape index (κ2) is 7.20. The summed E-state index contributed by atoms with van der Waals surface area (Å²) in [5.41, 5.74) is 0.0891. The second-order valence-electron chi connectivity index (χ2n) is 4.56. The van der Waals surface area contributed by atoms with Crippen molar-refractivity contribution in [3.63, 3.8) is 0 Å². The molecule has 21 heavy (non-hydrogen) atoms. The van der Waals surface area contributed by atoms with Gasteiger partial charge in [-0.3, -0.25) is 4.79 Å². The average molecular weight is 343 g/mol. The lowest BCUT2D eigenvalue weighted by atomic mass is 10.1. The fourth-order valence-corrected chi connectivity index (χ4v) is 3.52. The maximum Gasteiger partial charge on any atom is 0.294 e. The van der Waals surface area contributed by atoms with Crippen LogP contribution in [0.15, 0.2) is 39.1 Å². The van der Waals surface area contributed by atoms with Gasteiger partial charge in [-0.05, 0) is 24.3 Å². The van der Waals surface area contributed by atoms with Crippen molar-refractivity contribution in [1.82, 2.24) is 14.9 Å². The van der Waals surface area contributed by atoms with Gasteiger partial charge in [0.25, 0.3) is 5.56 Å². The number of nitrogens with two attached hydrogens (primary N) is 1. The minimum atomic E-state index is -0.293. The van der Waals surface area contributed by atoms with E-state index >= 15 is 0 Å². The Morgan fingerprint density at radius 1 is 1.24 bits per heavy atom. The van der Waals surface area contributed by atoms with Crippen molar-refractivity contribution in [3.05, 3.63) is 45.3 Å². The van der Waals surface area contributed by atoms with Crippen LogP contribution in [0, 0.1) is 0 Å². The lowest BCUT2D eigenvalue weighted by Crippen LogP contribution is -2.34. The van der Waals surface area contributed by atoms with Crippen LogP contribution in [0.3, 0.4) is 0 Å². The van der Waals surface area contributed by atoms with Gasteiger partial charge in [-0.2, -0.15) is 4.68 Å². The van der Waals surface area contributed by atoms with E-state index in [2.05, 4.69) is 10.2 Å². The van der Waals surface area contributed by atoms with E-state index in [1.165, 1.54) is 11.8 Å². The van der Waals surface area contributed by atoms with Gasteiger partial charge in [0.05, 0.1) is 5.08 Å². The third-order valence-electron chi connectivity index (χ3n) is 2.66. The summed E-state index contributed by atoms with van der Waals surface area (Å²) in [4.78, 5) is 13.1. The van der Waals surface area contributed by atoms with Crippen molar-refractivity contribution in [2.24, 2.45) is 0 Å². The zero-order valence-corrected chi connectivity index (χ0v) is 14.0. The first kappa shape index (κ1) is 16.2. The molecule has 1 aromatic carbocycles. The normalized spacial score (nSPS) is 11.0. The van der Waals surface area contributed by atoms with Crippen LogP contribution >= 0.6 is 35.1 Å². The smallest absolute Gasteiger partial charge is 0.294 e. The number of thioether (sulfide) groups is 2. The van der Waals surface area contributed by atoms with Crippen LogP contribution in [0.2, 0.25) is 5.02 Å². The zero-order valence-electron chi connectivity index (χ0n) is 11.6. The number of aromatic nitrogens is 3. The van der Waals surface area contributed by atoms with Gasteiger partial charge in [0.1, 0.15) is 5.69 Å². The number of benzene rings is 1. The van der Waals surface area contributed by atoms with Crippen LogP contribution in [0.5, 0.6) is 0 Å². The molecule has 0 amide bonds. The highest BCUT2D eigenvalue weighted by Crippen LogP contribution is 2.26. The highest BCUT2D eigenvalue weighted by atomic mass is 35.5. The van der Waals surface area contributed by atoms with E-state index in [1.54, 1.807) is 11.8 Å². The maximum absolute atomic E-state index is 12.0. The highest BCUT2D eigenvalue weighted by molar-refractivity contribution is 8.15. The predicted octanol–water partition coefficient (Wildman–Crippen LogP) is 2.97. The van der Waals surface area contributed by atoms with Crippen molar-refractivity contribution in [3.8, 4) is 0 Å². The van der Waals surface area contributed by atoms with Crippen molar-refractivity contribution >= 4 is 35.1 Å². The Bertz CT molecular complexity index is 673. The Kier molecular flexibility index (Phi) is 5.55. The molecule has 0 spiro atoms. The summed E-state index contributed by atoms with van der Waals surface area (Å²) in [5.74, 6) is 5.78. The second-order valence-corrected chi connectivity index (χ2v) is 7.35. The Hall–Kier alpha value is -1.18. The first-order valence-corrected chi connectivity index (χ1v) is 8.60. The lowest BCUT2D eigenvalue weighted by molar-refractivity contribution is 0.639. The largest absolute Gasteiger partial charge is 0.334 e. The highest BCUT2D eigenvalue weighted by Gasteiger charge is 2.13. The molecule has 0 bridgehead atoms. The van der Waals surface area contributed by atoms with E-state index < -0.39 is 0 Å². The molecular formula is C13H15ClN4OS2. The molecule has 0 fully saturated rings. The summed E-state index contributed by atoms with van der Waals surface area (Å²) in [7, 11) is 0. The van der Waals surface area contributed by atoms with Crippen molar-refractivity contribution in [1.29, 1.82) is 0 Å². The van der Waals surface area contributed by atoms with Crippen LogP contribution in [0.1, 0.15) is 25.5 Å². The summed E-state index contributed by atoms with van der Waals surface area (Å²) in [5, 5.41) is 9.78. The molecule has 2 N–H and O–H groups in total. The molecule has 2 rings (SSSR count). The molecule has 1 aromatic heterocycles. The van der Waals surface area contributed by atoms with E-state index in [-0.39, 0.29) is 11.5 Å². The standard InChI is InChI=1S/C13H15ClN4OS2/c1-8(2)11-12(19)18(15)13(17-16-11)21-7-20-10-5-3-9(14)4-6-10/h3-6,8H,7,15H2,1-2H3. The van der Waals surface area contributed by atoms with Crippen LogP contribution in [-0.4, -0.2) is 20.0 Å². The summed E-state index contributed by atoms with van der Waals surface area (Å²) < 4.78 is 1.06. The van der Waals surface area contributed by atoms with Gasteiger partial charge in [-0.15, -0.1) is 22.0 Å². The van der Waals surface area contributed by atoms with Crippen molar-refractivity contribution in [2.45, 2.75) is 29.8 Å². The summed E-state index contributed by atoms with van der Waals surface area (Å²) in [6, 6.07) is 7.56. The van der Waals surface area contributed by atoms with E-state index in [0.717, 1.165) is 9.57 Å². The number of nitrogen functional groups attached to an aromatic ring is 1. The summed E-state index contributed by atoms with van der Waals surface area (Å²) >= 11 is 8.82. The molecule has 112 valence electrons. The van der Waals surface area contributed by atoms with Gasteiger partial charge in [0.2, 0.25) is 5.16 Å². The van der Waals surface area contributed by atoms with Crippen LogP contribution in [-0.2, 0) is 0 Å². The van der Waals surface area contributed by atoms with Gasteiger partial charge in [-0.1, -0.05) is 37.2 Å². The van der Waals surface area contributed by atoms with E-state index in [4.69, 9.17) is 17.4 Å². The van der Waals surface area contributed by atoms with E-state index in [0.29, 0.717) is 21.0 Å². The quantitative estimate of drug-likeness (QED) is 0.511. The number of nitrogens with zero attached hydrogens (tertiary/aromatic N) is 3. The fraction of sp³-hybridized carbons (Fsp3) is 0.308. The van der Waals surface area contributed by atoms with Gasteiger partial charge < -0.3 is 5.84 Å². The van der Waals surface area contributed by atoms with Crippen LogP contribution in [0.25, 0.3) is 0 Å². The summed E-state index contributed by atoms with van der Waals surface area (Å²) in [6.07, 6.45) is 0. The van der Waals surface area contributed by atoms with Gasteiger partial charge in [-0.25, -0.2) is 0 Å². The lowest BCUT2D eigenvalue weighted by Gasteiger charge is -2.08. The predicted molar refractivity (Wildman–Crippen MR) is 88.6 cm³/mol. The molecule has 0 atom stereocenters. The third-order valence-corrected chi connectivity index (χ3v) is 5.00. The Labute approximate surface area is 136 Å². The molecule has 0 unspecified atom stereocenters. The molecule has 0 saturated carbocycles. The average Bonchev–Trinajstić information content (AvgIpc) is 2.45. The third kappa shape index (κ3) is 4.15. The fourth-order valence-electron chi connectivity index (χ4n) is 1.54. The molecule has 0 aliphatic heterocycles. The minimum absolute atomic E-state index is 0.00212. The van der Waals surface area contributed by atoms with Gasteiger partial charge >= 0.3 is 0 Å². The van der Waals surface area contributed by atoms with Gasteiger partial charge in [0, 0.05) is 15.8 Å². The number of halogens is 1. The van der Waals surface area contributed by atoms with E-state index in [9.17, 15) is 4.79 Å². The number of hydrogen-bond acceptors (Lipinski definition) is 6. The molecule has 0 aliphatic carbocycles. The molecule has 8 heteroatoms. The Balaban J connectivity index is 2.02. The monoisotopic (exact) mass is 342 g/mol. The molecule has 1 heterocycles. The molecule has 0 aliphatic rings. The maximum atomic E-state index is 12.0. The van der Waals surface area contributed by atoms with Crippen molar-refractivity contribution in [2.75, 3.05) is 10.9 Å². The van der Waals surface area contributed by atoms with Crippen molar-refractivity contribution < 1.29 is 0 Å². The molecule has 2 aromatic rings. The first-order valence-electron chi connectivity index (χ1n) is 6.25. The first-order chi connectivity index (χ1) is 9.99. The molecule has 0 radical (unpaired) electrons. The Morgan fingerprint density at radius 2 is 1.90 bits per heavy atom. The van der Waals surface area contributed by atoms with Crippen LogP contribution in [0.4, 0.5) is 0 Å². The number of rotatable bonds is 5. The minimum Gasteiger partial charge on any atom is -0.334 e. The number of hydrogen-bond donors (Lipinski definition) is 1. The molecule has 5 nitrogen and oxygen atoms in total. The molecule has 0 saturated heterocycles. The SMILES string of the molecule is CC(C)c1nnc(SCSc2ccc(Cl)cc2)n(N)c1=O. The summed E-state index contributed by atoms with van der Waals surface area (Å²) in [6.45, 7) is 3.77. The van der Waals surface area contributed by atoms with E-state index in [1.807, 2.05) is 38.1 Å². The topological polar surface area (TPSA) is 73.8 Å². The molecular weight excluding hydrogens is 328 g/mol. The van der Waals surface area contributed by atoms with Crippen LogP contribution < -0.4 is 11.4 Å². The Morgan fingerprint density at radius 3 is 2.52 bits per heavy atom. The van der Waals surface area contributed by atoms with Gasteiger partial charge in [0.15, 0.2) is 0 Å².